The van der Waals surface area contributed by atoms with Crippen LogP contribution in [-0.2, 0) is 9.47 Å². The van der Waals surface area contributed by atoms with Crippen LogP contribution in [0.4, 0.5) is 0 Å². The third-order valence-electron chi connectivity index (χ3n) is 4.27. The van der Waals surface area contributed by atoms with E-state index in [4.69, 9.17) is 18.9 Å². The molecule has 0 fully saturated rings. The topological polar surface area (TPSA) is 71.1 Å². The maximum Gasteiger partial charge on any atom is 0.343 e. The third-order valence-corrected chi connectivity index (χ3v) is 4.27. The van der Waals surface area contributed by atoms with Crippen LogP contribution in [0, 0.1) is 0 Å². The summed E-state index contributed by atoms with van der Waals surface area (Å²) in [6, 6.07) is 13.1. The van der Waals surface area contributed by atoms with E-state index < -0.39 is 11.9 Å². The first kappa shape index (κ1) is 23.4. The van der Waals surface area contributed by atoms with Crippen LogP contribution in [0.25, 0.3) is 0 Å². The normalized spacial score (nSPS) is 11.6. The number of esters is 2. The highest BCUT2D eigenvalue weighted by molar-refractivity contribution is 5.92. The zero-order valence-electron chi connectivity index (χ0n) is 17.9. The van der Waals surface area contributed by atoms with Crippen LogP contribution < -0.4 is 9.47 Å². The van der Waals surface area contributed by atoms with E-state index in [0.29, 0.717) is 36.7 Å². The van der Waals surface area contributed by atoms with Crippen LogP contribution in [0.3, 0.4) is 0 Å². The minimum absolute atomic E-state index is 0.339. The lowest BCUT2D eigenvalue weighted by Gasteiger charge is -2.13. The maximum absolute atomic E-state index is 12.3. The lowest BCUT2D eigenvalue weighted by molar-refractivity contribution is 0.00439. The van der Waals surface area contributed by atoms with Gasteiger partial charge in [0.2, 0.25) is 0 Å². The quantitative estimate of drug-likeness (QED) is 0.275. The number of hydrogen-bond acceptors (Lipinski definition) is 6. The van der Waals surface area contributed by atoms with Gasteiger partial charge in [-0.2, -0.15) is 0 Å². The van der Waals surface area contributed by atoms with Crippen molar-refractivity contribution in [1.29, 1.82) is 0 Å². The number of benzene rings is 2. The summed E-state index contributed by atoms with van der Waals surface area (Å²) in [6.07, 6.45) is 2.94. The third kappa shape index (κ3) is 7.87. The molecule has 0 aliphatic carbocycles. The van der Waals surface area contributed by atoms with Crippen LogP contribution in [0.1, 0.15) is 60.7 Å². The molecule has 0 bridgehead atoms. The molecule has 0 N–H and O–H groups in total. The highest BCUT2D eigenvalue weighted by atomic mass is 16.6. The number of carbonyl (C=O) groups excluding carboxylic acids is 2. The summed E-state index contributed by atoms with van der Waals surface area (Å²) < 4.78 is 21.5. The van der Waals surface area contributed by atoms with Gasteiger partial charge in [0.1, 0.15) is 17.6 Å². The number of ether oxygens (including phenoxy) is 4. The molecule has 0 aliphatic heterocycles. The van der Waals surface area contributed by atoms with Gasteiger partial charge in [-0.05, 0) is 68.8 Å². The molecule has 0 saturated carbocycles. The van der Waals surface area contributed by atoms with Crippen LogP contribution >= 0.6 is 0 Å². The molecular weight excluding hydrogens is 384 g/mol. The van der Waals surface area contributed by atoms with E-state index in [2.05, 4.69) is 6.92 Å². The second-order valence-electron chi connectivity index (χ2n) is 6.87. The van der Waals surface area contributed by atoms with Crippen molar-refractivity contribution in [3.8, 4) is 11.5 Å². The van der Waals surface area contributed by atoms with Crippen molar-refractivity contribution < 1.29 is 28.5 Å². The van der Waals surface area contributed by atoms with E-state index in [1.165, 1.54) is 0 Å². The summed E-state index contributed by atoms with van der Waals surface area (Å²) in [5.41, 5.74) is 0.798. The second-order valence-corrected chi connectivity index (χ2v) is 6.87. The summed E-state index contributed by atoms with van der Waals surface area (Å²) in [5, 5.41) is 0. The predicted octanol–water partition coefficient (Wildman–Crippen LogP) is 5.06. The molecule has 6 heteroatoms. The van der Waals surface area contributed by atoms with Gasteiger partial charge in [-0.1, -0.05) is 19.8 Å². The van der Waals surface area contributed by atoms with Gasteiger partial charge in [0.25, 0.3) is 0 Å². The first-order chi connectivity index (χ1) is 14.5. The molecule has 0 aromatic heterocycles. The van der Waals surface area contributed by atoms with Crippen LogP contribution in [-0.4, -0.2) is 37.9 Å². The van der Waals surface area contributed by atoms with E-state index in [1.807, 2.05) is 6.92 Å². The SMILES string of the molecule is CCCCCOc1ccc(C(=O)Oc2ccc(C(=O)O[C@@H](C)COCC)cc2)cc1. The lowest BCUT2D eigenvalue weighted by Crippen LogP contribution is -2.20. The molecule has 0 heterocycles. The van der Waals surface area contributed by atoms with E-state index in [9.17, 15) is 9.59 Å². The second kappa shape index (κ2) is 12.6. The summed E-state index contributed by atoms with van der Waals surface area (Å²) in [5.74, 6) is 0.144. The Morgan fingerprint density at radius 3 is 2.03 bits per heavy atom. The van der Waals surface area contributed by atoms with E-state index >= 15 is 0 Å². The van der Waals surface area contributed by atoms with E-state index in [1.54, 1.807) is 55.5 Å². The molecule has 0 amide bonds. The number of carbonyl (C=O) groups is 2. The maximum atomic E-state index is 12.3. The van der Waals surface area contributed by atoms with Gasteiger partial charge in [0.15, 0.2) is 0 Å². The molecule has 2 rings (SSSR count). The fourth-order valence-corrected chi connectivity index (χ4v) is 2.62. The van der Waals surface area contributed by atoms with Gasteiger partial charge < -0.3 is 18.9 Å². The number of unbranched alkanes of at least 4 members (excludes halogenated alkanes) is 2. The predicted molar refractivity (Wildman–Crippen MR) is 114 cm³/mol. The van der Waals surface area contributed by atoms with Crippen molar-refractivity contribution in [3.63, 3.8) is 0 Å². The molecule has 0 radical (unpaired) electrons. The van der Waals surface area contributed by atoms with Crippen molar-refractivity contribution in [2.24, 2.45) is 0 Å². The van der Waals surface area contributed by atoms with Gasteiger partial charge in [0.05, 0.1) is 24.3 Å². The highest BCUT2D eigenvalue weighted by Crippen LogP contribution is 2.18. The Hall–Kier alpha value is -2.86. The first-order valence-corrected chi connectivity index (χ1v) is 10.4. The Balaban J connectivity index is 1.86. The van der Waals surface area contributed by atoms with Gasteiger partial charge in [-0.15, -0.1) is 0 Å². The van der Waals surface area contributed by atoms with Crippen LogP contribution in [0.5, 0.6) is 11.5 Å². The molecule has 2 aromatic carbocycles. The molecule has 0 unspecified atom stereocenters. The van der Waals surface area contributed by atoms with Crippen molar-refractivity contribution in [2.75, 3.05) is 19.8 Å². The average molecular weight is 414 g/mol. The van der Waals surface area contributed by atoms with Gasteiger partial charge >= 0.3 is 11.9 Å². The first-order valence-electron chi connectivity index (χ1n) is 10.4. The average Bonchev–Trinajstić information content (AvgIpc) is 2.76. The zero-order chi connectivity index (χ0) is 21.8. The fraction of sp³-hybridized carbons (Fsp3) is 0.417. The van der Waals surface area contributed by atoms with E-state index in [-0.39, 0.29) is 6.10 Å². The summed E-state index contributed by atoms with van der Waals surface area (Å²) in [7, 11) is 0. The van der Waals surface area contributed by atoms with Crippen molar-refractivity contribution in [3.05, 3.63) is 59.7 Å². The standard InChI is InChI=1S/C24H30O6/c1-4-6-7-16-28-21-12-8-20(9-13-21)24(26)30-22-14-10-19(11-15-22)23(25)29-18(3)17-27-5-2/h8-15,18H,4-7,16-17H2,1-3H3/t18-/m0/s1. The molecule has 2 aromatic rings. The smallest absolute Gasteiger partial charge is 0.343 e. The number of hydrogen-bond donors (Lipinski definition) is 0. The highest BCUT2D eigenvalue weighted by Gasteiger charge is 2.13. The van der Waals surface area contributed by atoms with Crippen molar-refractivity contribution in [1.82, 2.24) is 0 Å². The van der Waals surface area contributed by atoms with Crippen LogP contribution in [0.2, 0.25) is 0 Å². The summed E-state index contributed by atoms with van der Waals surface area (Å²) in [4.78, 5) is 24.4. The molecule has 0 saturated heterocycles. The van der Waals surface area contributed by atoms with Crippen LogP contribution in [0.15, 0.2) is 48.5 Å². The molecule has 162 valence electrons. The molecule has 1 atom stereocenters. The van der Waals surface area contributed by atoms with Gasteiger partial charge in [-0.25, -0.2) is 9.59 Å². The Kier molecular flexibility index (Phi) is 9.87. The molecule has 0 aliphatic rings. The van der Waals surface area contributed by atoms with Crippen molar-refractivity contribution in [2.45, 2.75) is 46.1 Å². The minimum atomic E-state index is -0.479. The summed E-state index contributed by atoms with van der Waals surface area (Å²) in [6.45, 7) is 7.37. The Bertz CT molecular complexity index is 782. The van der Waals surface area contributed by atoms with Crippen molar-refractivity contribution >= 4 is 11.9 Å². The Morgan fingerprint density at radius 1 is 0.833 bits per heavy atom. The lowest BCUT2D eigenvalue weighted by atomic mass is 10.2. The fourth-order valence-electron chi connectivity index (χ4n) is 2.62. The molecule has 0 spiro atoms. The molecule has 30 heavy (non-hydrogen) atoms. The summed E-state index contributed by atoms with van der Waals surface area (Å²) >= 11 is 0. The molecule has 6 nitrogen and oxygen atoms in total. The van der Waals surface area contributed by atoms with Gasteiger partial charge in [0, 0.05) is 6.61 Å². The largest absolute Gasteiger partial charge is 0.494 e. The zero-order valence-corrected chi connectivity index (χ0v) is 17.9. The number of rotatable bonds is 12. The van der Waals surface area contributed by atoms with E-state index in [0.717, 1.165) is 25.0 Å². The monoisotopic (exact) mass is 414 g/mol. The van der Waals surface area contributed by atoms with Gasteiger partial charge in [-0.3, -0.25) is 0 Å². The Morgan fingerprint density at radius 2 is 1.43 bits per heavy atom. The minimum Gasteiger partial charge on any atom is -0.494 e. The Labute approximate surface area is 178 Å². The molecular formula is C24H30O6.